The van der Waals surface area contributed by atoms with Crippen LogP contribution in [0.3, 0.4) is 0 Å². The van der Waals surface area contributed by atoms with Gasteiger partial charge in [-0.15, -0.1) is 0 Å². The smallest absolute Gasteiger partial charge is 0.240 e. The average molecular weight is 387 g/mol. The lowest BCUT2D eigenvalue weighted by molar-refractivity contribution is 0.174. The number of nitrogens with zero attached hydrogens (tertiary/aromatic N) is 1. The molecule has 1 aliphatic rings. The Balaban J connectivity index is 1.44. The van der Waals surface area contributed by atoms with Crippen LogP contribution in [0.1, 0.15) is 30.4 Å². The summed E-state index contributed by atoms with van der Waals surface area (Å²) in [5.74, 6) is 0.385. The van der Waals surface area contributed by atoms with E-state index in [1.807, 2.05) is 19.1 Å². The van der Waals surface area contributed by atoms with Crippen molar-refractivity contribution in [3.8, 4) is 0 Å². The normalized spacial score (nSPS) is 18.5. The van der Waals surface area contributed by atoms with Crippen molar-refractivity contribution < 1.29 is 8.42 Å². The molecule has 0 bridgehead atoms. The van der Waals surface area contributed by atoms with E-state index in [1.165, 1.54) is 5.56 Å². The molecule has 27 heavy (non-hydrogen) atoms. The van der Waals surface area contributed by atoms with Crippen LogP contribution in [0.5, 0.6) is 0 Å². The van der Waals surface area contributed by atoms with E-state index in [0.717, 1.165) is 50.9 Å². The molecule has 146 valence electrons. The maximum atomic E-state index is 12.5. The zero-order valence-corrected chi connectivity index (χ0v) is 16.9. The Labute approximate surface area is 163 Å². The Bertz CT molecular complexity index is 804. The van der Waals surface area contributed by atoms with E-state index in [0.29, 0.717) is 17.4 Å². The number of nitrogens with one attached hydrogen (secondary N) is 1. The van der Waals surface area contributed by atoms with Crippen LogP contribution in [0.4, 0.5) is 0 Å². The minimum absolute atomic E-state index is 0.351. The number of hydrogen-bond donors (Lipinski definition) is 1. The minimum atomic E-state index is -3.42. The monoisotopic (exact) mass is 386 g/mol. The van der Waals surface area contributed by atoms with Gasteiger partial charge in [-0.05, 0) is 69.3 Å². The van der Waals surface area contributed by atoms with Crippen molar-refractivity contribution in [2.24, 2.45) is 5.92 Å². The summed E-state index contributed by atoms with van der Waals surface area (Å²) in [7, 11) is -3.42. The van der Waals surface area contributed by atoms with Crippen molar-refractivity contribution in [1.82, 2.24) is 9.62 Å². The molecule has 1 fully saturated rings. The molecule has 0 spiro atoms. The van der Waals surface area contributed by atoms with Gasteiger partial charge in [-0.25, -0.2) is 13.1 Å². The molecule has 0 aromatic heterocycles. The van der Waals surface area contributed by atoms with Crippen molar-refractivity contribution in [2.45, 2.75) is 37.5 Å². The van der Waals surface area contributed by atoms with Crippen LogP contribution in [0.15, 0.2) is 59.5 Å². The van der Waals surface area contributed by atoms with Gasteiger partial charge in [-0.1, -0.05) is 48.0 Å². The molecule has 0 amide bonds. The van der Waals surface area contributed by atoms with Gasteiger partial charge in [0.05, 0.1) is 4.90 Å². The lowest BCUT2D eigenvalue weighted by Crippen LogP contribution is -2.41. The first-order valence-electron chi connectivity index (χ1n) is 9.85. The summed E-state index contributed by atoms with van der Waals surface area (Å²) in [6.45, 7) is 5.65. The molecule has 1 saturated heterocycles. The number of rotatable bonds is 8. The summed E-state index contributed by atoms with van der Waals surface area (Å²) in [6, 6.07) is 17.6. The predicted octanol–water partition coefficient (Wildman–Crippen LogP) is 3.62. The Hall–Kier alpha value is -1.69. The third kappa shape index (κ3) is 6.16. The Morgan fingerprint density at radius 1 is 1.07 bits per heavy atom. The topological polar surface area (TPSA) is 49.4 Å². The molecule has 0 saturated carbocycles. The molecular formula is C22H30N2O2S. The van der Waals surface area contributed by atoms with Crippen LogP contribution >= 0.6 is 0 Å². The largest absolute Gasteiger partial charge is 0.303 e. The molecule has 1 aliphatic heterocycles. The average Bonchev–Trinajstić information content (AvgIpc) is 2.68. The molecule has 1 unspecified atom stereocenters. The van der Waals surface area contributed by atoms with Crippen LogP contribution in [0, 0.1) is 12.8 Å². The first-order chi connectivity index (χ1) is 13.0. The fourth-order valence-corrected chi connectivity index (χ4v) is 4.82. The highest BCUT2D eigenvalue weighted by atomic mass is 32.2. The molecule has 2 aromatic rings. The van der Waals surface area contributed by atoms with Crippen molar-refractivity contribution in [2.75, 3.05) is 26.2 Å². The Morgan fingerprint density at radius 2 is 1.81 bits per heavy atom. The van der Waals surface area contributed by atoms with Gasteiger partial charge >= 0.3 is 0 Å². The van der Waals surface area contributed by atoms with E-state index in [1.54, 1.807) is 12.1 Å². The predicted molar refractivity (Wildman–Crippen MR) is 110 cm³/mol. The van der Waals surface area contributed by atoms with Gasteiger partial charge in [-0.2, -0.15) is 0 Å². The molecule has 5 heteroatoms. The van der Waals surface area contributed by atoms with E-state index in [2.05, 4.69) is 40.0 Å². The minimum Gasteiger partial charge on any atom is -0.303 e. The number of benzene rings is 2. The van der Waals surface area contributed by atoms with Crippen LogP contribution in [0.2, 0.25) is 0 Å². The van der Waals surface area contributed by atoms with Crippen LogP contribution in [-0.4, -0.2) is 39.5 Å². The highest BCUT2D eigenvalue weighted by Gasteiger charge is 2.22. The Kier molecular flexibility index (Phi) is 7.05. The summed E-state index contributed by atoms with van der Waals surface area (Å²) in [5, 5.41) is 0. The van der Waals surface area contributed by atoms with Gasteiger partial charge < -0.3 is 4.90 Å². The molecule has 2 aromatic carbocycles. The fraction of sp³-hybridized carbons (Fsp3) is 0.455. The Morgan fingerprint density at radius 3 is 2.56 bits per heavy atom. The number of hydrogen-bond acceptors (Lipinski definition) is 3. The fourth-order valence-electron chi connectivity index (χ4n) is 3.70. The first kappa shape index (κ1) is 20.1. The van der Waals surface area contributed by atoms with Crippen LogP contribution in [-0.2, 0) is 16.4 Å². The molecule has 1 heterocycles. The molecule has 1 atom stereocenters. The third-order valence-electron chi connectivity index (χ3n) is 5.28. The second-order valence-corrected chi connectivity index (χ2v) is 9.33. The first-order valence-corrected chi connectivity index (χ1v) is 11.3. The van der Waals surface area contributed by atoms with Gasteiger partial charge in [-0.3, -0.25) is 0 Å². The van der Waals surface area contributed by atoms with E-state index >= 15 is 0 Å². The van der Waals surface area contributed by atoms with E-state index in [-0.39, 0.29) is 0 Å². The van der Waals surface area contributed by atoms with Crippen molar-refractivity contribution in [3.05, 3.63) is 65.7 Å². The molecule has 1 N–H and O–H groups in total. The van der Waals surface area contributed by atoms with E-state index in [4.69, 9.17) is 0 Å². The SMILES string of the molecule is Cc1ccc(S(=O)(=O)NCC2CCCN(CCCc3ccccc3)C2)cc1. The molecule has 0 aliphatic carbocycles. The third-order valence-corrected chi connectivity index (χ3v) is 6.72. The van der Waals surface area contributed by atoms with Gasteiger partial charge in [0, 0.05) is 13.1 Å². The summed E-state index contributed by atoms with van der Waals surface area (Å²) in [5.41, 5.74) is 2.45. The summed E-state index contributed by atoms with van der Waals surface area (Å²) < 4.78 is 27.8. The summed E-state index contributed by atoms with van der Waals surface area (Å²) in [4.78, 5) is 2.83. The maximum absolute atomic E-state index is 12.5. The molecule has 3 rings (SSSR count). The van der Waals surface area contributed by atoms with Gasteiger partial charge in [0.2, 0.25) is 10.0 Å². The second kappa shape index (κ2) is 9.49. The molecule has 0 radical (unpaired) electrons. The summed E-state index contributed by atoms with van der Waals surface area (Å²) >= 11 is 0. The molecule has 4 nitrogen and oxygen atoms in total. The zero-order valence-electron chi connectivity index (χ0n) is 16.1. The zero-order chi connectivity index (χ0) is 19.1. The lowest BCUT2D eigenvalue weighted by atomic mass is 9.98. The van der Waals surface area contributed by atoms with Gasteiger partial charge in [0.25, 0.3) is 0 Å². The highest BCUT2D eigenvalue weighted by molar-refractivity contribution is 7.89. The maximum Gasteiger partial charge on any atom is 0.240 e. The van der Waals surface area contributed by atoms with Crippen LogP contribution < -0.4 is 4.72 Å². The highest BCUT2D eigenvalue weighted by Crippen LogP contribution is 2.18. The molecular weight excluding hydrogens is 356 g/mol. The lowest BCUT2D eigenvalue weighted by Gasteiger charge is -2.32. The van der Waals surface area contributed by atoms with E-state index in [9.17, 15) is 8.42 Å². The number of aryl methyl sites for hydroxylation is 2. The van der Waals surface area contributed by atoms with Crippen LogP contribution in [0.25, 0.3) is 0 Å². The van der Waals surface area contributed by atoms with Crippen molar-refractivity contribution in [3.63, 3.8) is 0 Å². The van der Waals surface area contributed by atoms with Crippen molar-refractivity contribution in [1.29, 1.82) is 0 Å². The van der Waals surface area contributed by atoms with E-state index < -0.39 is 10.0 Å². The second-order valence-electron chi connectivity index (χ2n) is 7.56. The quantitative estimate of drug-likeness (QED) is 0.754. The van der Waals surface area contributed by atoms with Crippen molar-refractivity contribution >= 4 is 10.0 Å². The standard InChI is InChI=1S/C22H30N2O2S/c1-19-11-13-22(14-12-19)27(25,26)23-17-21-10-6-16-24(18-21)15-5-9-20-7-3-2-4-8-20/h2-4,7-8,11-14,21,23H,5-6,9-10,15-18H2,1H3. The van der Waals surface area contributed by atoms with Gasteiger partial charge in [0.1, 0.15) is 0 Å². The number of likely N-dealkylation sites (tertiary alicyclic amines) is 1. The van der Waals surface area contributed by atoms with Gasteiger partial charge in [0.15, 0.2) is 0 Å². The number of piperidine rings is 1. The summed E-state index contributed by atoms with van der Waals surface area (Å²) in [6.07, 6.45) is 4.47. The number of sulfonamides is 1.